The molecule has 5 fully saturated rings. The molecule has 0 aromatic heterocycles. The highest BCUT2D eigenvalue weighted by Crippen LogP contribution is 2.77. The summed E-state index contributed by atoms with van der Waals surface area (Å²) in [5.74, 6) is 0.592. The molecule has 6 heteroatoms. The average molecular weight is 543 g/mol. The van der Waals surface area contributed by atoms with Gasteiger partial charge >= 0.3 is 11.9 Å². The van der Waals surface area contributed by atoms with E-state index in [0.717, 1.165) is 64.1 Å². The maximum absolute atomic E-state index is 13.8. The summed E-state index contributed by atoms with van der Waals surface area (Å²) >= 11 is 0. The van der Waals surface area contributed by atoms with E-state index >= 15 is 0 Å². The first-order valence-corrected chi connectivity index (χ1v) is 15.3. The molecule has 218 valence electrons. The molecule has 0 heterocycles. The van der Waals surface area contributed by atoms with Gasteiger partial charge in [0.1, 0.15) is 6.29 Å². The SMILES string of the molecule is C=C(C=O)[C@@H]1CC[C@]2(C(=O)OCOC(C)=O)CC[C@]3(C)[C@H](CC[C@@H]4[C@@]5(C)CC[C@H](O)C(C)(C)[C@@H]5CC[C@]43C)[C@@H]12. The molecule has 0 aromatic carbocycles. The molecule has 0 aliphatic heterocycles. The van der Waals surface area contributed by atoms with Gasteiger partial charge in [0.2, 0.25) is 6.79 Å². The van der Waals surface area contributed by atoms with Gasteiger partial charge in [-0.05, 0) is 121 Å². The van der Waals surface area contributed by atoms with E-state index < -0.39 is 11.4 Å². The third-order valence-corrected chi connectivity index (χ3v) is 13.9. The minimum absolute atomic E-state index is 0.00621. The van der Waals surface area contributed by atoms with Crippen LogP contribution >= 0.6 is 0 Å². The highest BCUT2D eigenvalue weighted by Gasteiger charge is 2.72. The van der Waals surface area contributed by atoms with Crippen molar-refractivity contribution in [2.24, 2.45) is 56.7 Å². The highest BCUT2D eigenvalue weighted by molar-refractivity contribution is 5.80. The molecule has 0 spiro atoms. The molecular formula is C33H50O6. The zero-order valence-electron chi connectivity index (χ0n) is 25.0. The van der Waals surface area contributed by atoms with Crippen molar-refractivity contribution < 1.29 is 29.0 Å². The van der Waals surface area contributed by atoms with Gasteiger partial charge < -0.3 is 14.6 Å². The lowest BCUT2D eigenvalue weighted by molar-refractivity contribution is -0.249. The number of carbonyl (C=O) groups is 3. The standard InChI is InChI=1S/C33H50O6/c1-20(18-34)22-10-15-33(28(37)39-19-38-21(2)35)17-16-31(6)23(27(22)33)8-9-25-30(5)13-12-26(36)29(3,4)24(30)11-14-32(25,31)7/h18,22-27,36H,1,8-17,19H2,2-7H3/t22-,23+,24-,25+,26-,27+,30-,31+,32+,33-/m0/s1. The number of hydrogen-bond donors (Lipinski definition) is 1. The van der Waals surface area contributed by atoms with Crippen LogP contribution in [-0.4, -0.2) is 36.2 Å². The number of allylic oxidation sites excluding steroid dienone is 1. The van der Waals surface area contributed by atoms with Crippen LogP contribution in [0.3, 0.4) is 0 Å². The second kappa shape index (κ2) is 9.42. The van der Waals surface area contributed by atoms with E-state index in [9.17, 15) is 19.5 Å². The van der Waals surface area contributed by atoms with Crippen molar-refractivity contribution in [1.29, 1.82) is 0 Å². The summed E-state index contributed by atoms with van der Waals surface area (Å²) in [7, 11) is 0. The average Bonchev–Trinajstić information content (AvgIpc) is 3.27. The fourth-order valence-corrected chi connectivity index (χ4v) is 11.7. The van der Waals surface area contributed by atoms with E-state index in [-0.39, 0.29) is 52.4 Å². The molecule has 0 amide bonds. The molecule has 5 saturated carbocycles. The van der Waals surface area contributed by atoms with Crippen molar-refractivity contribution in [3.63, 3.8) is 0 Å². The predicted octanol–water partition coefficient (Wildman–Crippen LogP) is 6.25. The summed E-state index contributed by atoms with van der Waals surface area (Å²) in [6.07, 6.45) is 10.2. The Labute approximate surface area is 234 Å². The lowest BCUT2D eigenvalue weighted by Crippen LogP contribution is -2.67. The van der Waals surface area contributed by atoms with Gasteiger partial charge in [-0.25, -0.2) is 0 Å². The van der Waals surface area contributed by atoms with Gasteiger partial charge in [-0.3, -0.25) is 14.4 Å². The van der Waals surface area contributed by atoms with Crippen LogP contribution in [0.25, 0.3) is 0 Å². The Kier molecular flexibility index (Phi) is 6.97. The lowest BCUT2D eigenvalue weighted by atomic mass is 9.32. The molecule has 0 aromatic rings. The summed E-state index contributed by atoms with van der Waals surface area (Å²) in [4.78, 5) is 37.1. The maximum atomic E-state index is 13.8. The number of rotatable bonds is 5. The number of hydrogen-bond acceptors (Lipinski definition) is 6. The zero-order chi connectivity index (χ0) is 28.6. The Morgan fingerprint density at radius 1 is 0.872 bits per heavy atom. The molecule has 1 N–H and O–H groups in total. The van der Waals surface area contributed by atoms with Gasteiger partial charge in [-0.2, -0.15) is 0 Å². The second-order valence-electron chi connectivity index (χ2n) is 15.2. The van der Waals surface area contributed by atoms with Crippen LogP contribution in [0.15, 0.2) is 12.2 Å². The molecule has 6 nitrogen and oxygen atoms in total. The summed E-state index contributed by atoms with van der Waals surface area (Å²) in [5, 5.41) is 11.0. The first kappa shape index (κ1) is 28.8. The first-order valence-electron chi connectivity index (χ1n) is 15.3. The minimum atomic E-state index is -0.665. The second-order valence-corrected chi connectivity index (χ2v) is 15.2. The largest absolute Gasteiger partial charge is 0.428 e. The molecule has 0 radical (unpaired) electrons. The predicted molar refractivity (Wildman–Crippen MR) is 148 cm³/mol. The number of fused-ring (bicyclic) bond motifs is 7. The fourth-order valence-electron chi connectivity index (χ4n) is 11.7. The Morgan fingerprint density at radius 2 is 1.59 bits per heavy atom. The van der Waals surface area contributed by atoms with Crippen LogP contribution in [0, 0.1) is 56.7 Å². The monoisotopic (exact) mass is 542 g/mol. The fraction of sp³-hybridized carbons (Fsp3) is 0.848. The first-order chi connectivity index (χ1) is 18.2. The van der Waals surface area contributed by atoms with Crippen molar-refractivity contribution in [2.75, 3.05) is 6.79 Å². The van der Waals surface area contributed by atoms with E-state index in [4.69, 9.17) is 9.47 Å². The third-order valence-electron chi connectivity index (χ3n) is 13.9. The molecule has 10 atom stereocenters. The number of carbonyl (C=O) groups excluding carboxylic acids is 3. The zero-order valence-corrected chi connectivity index (χ0v) is 25.0. The number of aliphatic hydroxyl groups excluding tert-OH is 1. The molecule has 0 bridgehead atoms. The summed E-state index contributed by atoms with van der Waals surface area (Å²) < 4.78 is 10.6. The quantitative estimate of drug-likeness (QED) is 0.191. The highest BCUT2D eigenvalue weighted by atomic mass is 16.7. The van der Waals surface area contributed by atoms with E-state index in [1.165, 1.54) is 6.92 Å². The minimum Gasteiger partial charge on any atom is -0.428 e. The lowest BCUT2D eigenvalue weighted by Gasteiger charge is -2.72. The number of aliphatic hydroxyl groups is 1. The van der Waals surface area contributed by atoms with Crippen LogP contribution < -0.4 is 0 Å². The van der Waals surface area contributed by atoms with Gasteiger partial charge in [-0.1, -0.05) is 41.2 Å². The van der Waals surface area contributed by atoms with Crippen molar-refractivity contribution in [3.8, 4) is 0 Å². The van der Waals surface area contributed by atoms with E-state index in [1.807, 2.05) is 0 Å². The maximum Gasteiger partial charge on any atom is 0.315 e. The van der Waals surface area contributed by atoms with Crippen LogP contribution in [0.4, 0.5) is 0 Å². The van der Waals surface area contributed by atoms with Gasteiger partial charge in [0.25, 0.3) is 0 Å². The van der Waals surface area contributed by atoms with Crippen molar-refractivity contribution in [2.45, 2.75) is 112 Å². The van der Waals surface area contributed by atoms with Crippen LogP contribution in [0.2, 0.25) is 0 Å². The van der Waals surface area contributed by atoms with Gasteiger partial charge in [0, 0.05) is 6.92 Å². The summed E-state index contributed by atoms with van der Waals surface area (Å²) in [6.45, 7) is 17.2. The Morgan fingerprint density at radius 3 is 2.26 bits per heavy atom. The molecule has 5 rings (SSSR count). The van der Waals surface area contributed by atoms with Crippen LogP contribution in [0.5, 0.6) is 0 Å². The van der Waals surface area contributed by atoms with E-state index in [1.54, 1.807) is 0 Å². The van der Waals surface area contributed by atoms with Gasteiger partial charge in [0.05, 0.1) is 11.5 Å². The topological polar surface area (TPSA) is 89.9 Å². The smallest absolute Gasteiger partial charge is 0.315 e. The summed E-state index contributed by atoms with van der Waals surface area (Å²) in [6, 6.07) is 0. The Bertz CT molecular complexity index is 1050. The molecule has 0 saturated heterocycles. The molecular weight excluding hydrogens is 492 g/mol. The molecule has 5 aliphatic carbocycles. The van der Waals surface area contributed by atoms with E-state index in [0.29, 0.717) is 29.7 Å². The Balaban J connectivity index is 1.51. The molecule has 5 aliphatic rings. The van der Waals surface area contributed by atoms with Crippen molar-refractivity contribution in [1.82, 2.24) is 0 Å². The molecule has 39 heavy (non-hydrogen) atoms. The van der Waals surface area contributed by atoms with E-state index in [2.05, 4.69) is 41.2 Å². The number of ether oxygens (including phenoxy) is 2. The number of esters is 2. The Hall–Kier alpha value is -1.69. The third kappa shape index (κ3) is 3.85. The van der Waals surface area contributed by atoms with Gasteiger partial charge in [0.15, 0.2) is 0 Å². The van der Waals surface area contributed by atoms with Crippen molar-refractivity contribution >= 4 is 18.2 Å². The van der Waals surface area contributed by atoms with Crippen LogP contribution in [-0.2, 0) is 23.9 Å². The normalized spacial score (nSPS) is 48.0. The van der Waals surface area contributed by atoms with Gasteiger partial charge in [-0.15, -0.1) is 0 Å². The van der Waals surface area contributed by atoms with Crippen LogP contribution in [0.1, 0.15) is 106 Å². The molecule has 0 unspecified atom stereocenters. The van der Waals surface area contributed by atoms with Crippen molar-refractivity contribution in [3.05, 3.63) is 12.2 Å². The number of aldehydes is 1. The summed E-state index contributed by atoms with van der Waals surface area (Å²) in [5.41, 5.74) is 0.177.